The lowest BCUT2D eigenvalue weighted by Crippen LogP contribution is -2.29. The zero-order chi connectivity index (χ0) is 24.4. The number of Topliss-reactive ketones (excluding diaryl/α,β-unsaturated/α-hetero) is 1. The van der Waals surface area contributed by atoms with Gasteiger partial charge in [-0.3, -0.25) is 14.5 Å². The number of methoxy groups -OCH3 is 1. The van der Waals surface area contributed by atoms with Gasteiger partial charge in [0.25, 0.3) is 11.7 Å². The molecule has 1 aliphatic rings. The summed E-state index contributed by atoms with van der Waals surface area (Å²) in [4.78, 5) is 27.8. The first-order chi connectivity index (χ1) is 16.3. The largest absolute Gasteiger partial charge is 0.508 e. The number of carbonyl (C=O) groups is 2. The van der Waals surface area contributed by atoms with Crippen LogP contribution in [0.5, 0.6) is 17.2 Å². The Balaban J connectivity index is 1.93. The first-order valence-electron chi connectivity index (χ1n) is 10.5. The van der Waals surface area contributed by atoms with Crippen molar-refractivity contribution in [1.29, 1.82) is 0 Å². The summed E-state index contributed by atoms with van der Waals surface area (Å²) in [6.07, 6.45) is 0. The molecular formula is C26H22ClNO6. The average molecular weight is 480 g/mol. The van der Waals surface area contributed by atoms with E-state index >= 15 is 0 Å². The third kappa shape index (κ3) is 4.18. The molecule has 1 aliphatic heterocycles. The van der Waals surface area contributed by atoms with Crippen LogP contribution in [-0.4, -0.2) is 35.6 Å². The topological polar surface area (TPSA) is 96.3 Å². The Morgan fingerprint density at radius 3 is 2.26 bits per heavy atom. The highest BCUT2D eigenvalue weighted by Gasteiger charge is 2.47. The molecule has 0 radical (unpaired) electrons. The molecular weight excluding hydrogens is 458 g/mol. The monoisotopic (exact) mass is 479 g/mol. The van der Waals surface area contributed by atoms with Gasteiger partial charge in [-0.2, -0.15) is 0 Å². The van der Waals surface area contributed by atoms with Crippen molar-refractivity contribution in [3.05, 3.63) is 88.5 Å². The lowest BCUT2D eigenvalue weighted by atomic mass is 9.95. The summed E-state index contributed by atoms with van der Waals surface area (Å²) >= 11 is 6.35. The number of phenolic OH excluding ortho intramolecular Hbond substituents is 1. The van der Waals surface area contributed by atoms with E-state index in [0.717, 1.165) is 0 Å². The van der Waals surface area contributed by atoms with Crippen LogP contribution in [0.25, 0.3) is 5.76 Å². The summed E-state index contributed by atoms with van der Waals surface area (Å²) in [7, 11) is 1.53. The molecule has 1 amide bonds. The highest BCUT2D eigenvalue weighted by Crippen LogP contribution is 2.43. The molecule has 1 fully saturated rings. The number of rotatable bonds is 6. The van der Waals surface area contributed by atoms with Gasteiger partial charge < -0.3 is 19.7 Å². The third-order valence-electron chi connectivity index (χ3n) is 5.51. The minimum absolute atomic E-state index is 0.0256. The summed E-state index contributed by atoms with van der Waals surface area (Å²) < 4.78 is 10.7. The molecule has 1 saturated heterocycles. The van der Waals surface area contributed by atoms with Crippen LogP contribution in [0, 0.1) is 0 Å². The third-order valence-corrected chi connectivity index (χ3v) is 5.84. The minimum Gasteiger partial charge on any atom is -0.508 e. The van der Waals surface area contributed by atoms with Crippen LogP contribution in [0.3, 0.4) is 0 Å². The Morgan fingerprint density at radius 1 is 1.00 bits per heavy atom. The predicted molar refractivity (Wildman–Crippen MR) is 129 cm³/mol. The van der Waals surface area contributed by atoms with Crippen molar-refractivity contribution in [2.24, 2.45) is 0 Å². The van der Waals surface area contributed by atoms with Gasteiger partial charge in [0.15, 0.2) is 0 Å². The summed E-state index contributed by atoms with van der Waals surface area (Å²) in [5.74, 6) is -1.01. The lowest BCUT2D eigenvalue weighted by molar-refractivity contribution is -0.132. The molecule has 3 aromatic carbocycles. The fourth-order valence-electron chi connectivity index (χ4n) is 3.90. The Kier molecular flexibility index (Phi) is 6.47. The van der Waals surface area contributed by atoms with E-state index in [9.17, 15) is 19.8 Å². The van der Waals surface area contributed by atoms with Gasteiger partial charge >= 0.3 is 0 Å². The van der Waals surface area contributed by atoms with Crippen molar-refractivity contribution in [2.45, 2.75) is 13.0 Å². The molecule has 8 heteroatoms. The highest BCUT2D eigenvalue weighted by atomic mass is 35.5. The predicted octanol–water partition coefficient (Wildman–Crippen LogP) is 5.08. The number of halogens is 1. The maximum absolute atomic E-state index is 13.2. The Labute approximate surface area is 201 Å². The summed E-state index contributed by atoms with van der Waals surface area (Å²) in [6, 6.07) is 16.5. The van der Waals surface area contributed by atoms with Gasteiger partial charge in [0.1, 0.15) is 23.0 Å². The number of hydrogen-bond donors (Lipinski definition) is 2. The van der Waals surface area contributed by atoms with E-state index < -0.39 is 23.5 Å². The highest BCUT2D eigenvalue weighted by molar-refractivity contribution is 6.52. The Morgan fingerprint density at radius 2 is 1.65 bits per heavy atom. The number of amides is 1. The quantitative estimate of drug-likeness (QED) is 0.291. The Bertz CT molecular complexity index is 1270. The van der Waals surface area contributed by atoms with E-state index in [1.807, 2.05) is 6.92 Å². The second kappa shape index (κ2) is 9.49. The van der Waals surface area contributed by atoms with E-state index in [0.29, 0.717) is 29.4 Å². The summed E-state index contributed by atoms with van der Waals surface area (Å²) in [6.45, 7) is 2.22. The maximum atomic E-state index is 13.2. The van der Waals surface area contributed by atoms with Gasteiger partial charge in [0.05, 0.1) is 30.4 Å². The van der Waals surface area contributed by atoms with Crippen molar-refractivity contribution in [3.63, 3.8) is 0 Å². The fraction of sp³-hybridized carbons (Fsp3) is 0.154. The number of aliphatic hydroxyl groups is 1. The molecule has 0 aromatic heterocycles. The molecule has 3 aromatic rings. The van der Waals surface area contributed by atoms with Crippen LogP contribution < -0.4 is 14.4 Å². The van der Waals surface area contributed by atoms with E-state index in [2.05, 4.69) is 0 Å². The van der Waals surface area contributed by atoms with Crippen LogP contribution >= 0.6 is 11.6 Å². The first kappa shape index (κ1) is 23.2. The fourth-order valence-corrected chi connectivity index (χ4v) is 4.11. The molecule has 0 spiro atoms. The number of ketones is 1. The number of hydrogen-bond acceptors (Lipinski definition) is 6. The van der Waals surface area contributed by atoms with Crippen LogP contribution in [-0.2, 0) is 9.59 Å². The zero-order valence-corrected chi connectivity index (χ0v) is 19.2. The second-order valence-corrected chi connectivity index (χ2v) is 7.94. The smallest absolute Gasteiger partial charge is 0.300 e. The van der Waals surface area contributed by atoms with Gasteiger partial charge in [-0.1, -0.05) is 23.7 Å². The molecule has 2 N–H and O–H groups in total. The number of ether oxygens (including phenoxy) is 2. The van der Waals surface area contributed by atoms with Crippen molar-refractivity contribution in [3.8, 4) is 17.2 Å². The Hall–Kier alpha value is -3.97. The van der Waals surface area contributed by atoms with E-state index in [1.54, 1.807) is 48.5 Å². The van der Waals surface area contributed by atoms with Gasteiger partial charge in [0, 0.05) is 11.3 Å². The van der Waals surface area contributed by atoms with Gasteiger partial charge in [-0.25, -0.2) is 0 Å². The average Bonchev–Trinajstić information content (AvgIpc) is 3.11. The minimum atomic E-state index is -0.958. The molecule has 0 aliphatic carbocycles. The number of anilines is 1. The summed E-state index contributed by atoms with van der Waals surface area (Å²) in [5, 5.41) is 21.2. The SMILES string of the molecule is CCOc1ccc(Cl)c(/C(O)=C2\C(=O)C(=O)N(c3ccc(OC)cc3)C2c2ccc(O)cc2)c1. The van der Waals surface area contributed by atoms with Crippen molar-refractivity contribution in [2.75, 3.05) is 18.6 Å². The van der Waals surface area contributed by atoms with Gasteiger partial charge in [-0.15, -0.1) is 0 Å². The van der Waals surface area contributed by atoms with Crippen molar-refractivity contribution in [1.82, 2.24) is 0 Å². The standard InChI is InChI=1S/C26H22ClNO6/c1-3-34-19-12-13-21(27)20(14-19)24(30)22-23(15-4-8-17(29)9-5-15)28(26(32)25(22)31)16-6-10-18(33-2)11-7-16/h4-14,23,29-30H,3H2,1-2H3/b24-22+. The van der Waals surface area contributed by atoms with Gasteiger partial charge in [0.2, 0.25) is 0 Å². The maximum Gasteiger partial charge on any atom is 0.300 e. The van der Waals surface area contributed by atoms with Crippen molar-refractivity contribution >= 4 is 34.7 Å². The molecule has 1 unspecified atom stereocenters. The first-order valence-corrected chi connectivity index (χ1v) is 10.9. The number of phenols is 1. The summed E-state index contributed by atoms with van der Waals surface area (Å²) in [5.41, 5.74) is 1.01. The van der Waals surface area contributed by atoms with E-state index in [-0.39, 0.29) is 21.9 Å². The number of nitrogens with zero attached hydrogens (tertiary/aromatic N) is 1. The molecule has 1 atom stereocenters. The van der Waals surface area contributed by atoms with Crippen molar-refractivity contribution < 1.29 is 29.3 Å². The van der Waals surface area contributed by atoms with Crippen LogP contribution in [0.15, 0.2) is 72.3 Å². The van der Waals surface area contributed by atoms with Crippen LogP contribution in [0.4, 0.5) is 5.69 Å². The van der Waals surface area contributed by atoms with E-state index in [1.165, 1.54) is 30.2 Å². The molecule has 1 heterocycles. The van der Waals surface area contributed by atoms with Gasteiger partial charge in [-0.05, 0) is 67.1 Å². The normalized spacial score (nSPS) is 17.1. The number of aliphatic hydroxyl groups excluding tert-OH is 1. The lowest BCUT2D eigenvalue weighted by Gasteiger charge is -2.25. The zero-order valence-electron chi connectivity index (χ0n) is 18.5. The molecule has 0 saturated carbocycles. The molecule has 174 valence electrons. The second-order valence-electron chi connectivity index (χ2n) is 7.53. The number of benzene rings is 3. The van der Waals surface area contributed by atoms with Crippen LogP contribution in [0.1, 0.15) is 24.1 Å². The van der Waals surface area contributed by atoms with E-state index in [4.69, 9.17) is 21.1 Å². The molecule has 0 bridgehead atoms. The molecule has 7 nitrogen and oxygen atoms in total. The molecule has 34 heavy (non-hydrogen) atoms. The van der Waals surface area contributed by atoms with Crippen LogP contribution in [0.2, 0.25) is 5.02 Å². The number of carbonyl (C=O) groups excluding carboxylic acids is 2. The number of aromatic hydroxyl groups is 1. The molecule has 4 rings (SSSR count).